The van der Waals surface area contributed by atoms with Gasteiger partial charge in [0.25, 0.3) is 5.91 Å². The van der Waals surface area contributed by atoms with E-state index in [1.54, 1.807) is 27.8 Å². The third-order valence-electron chi connectivity index (χ3n) is 6.12. The van der Waals surface area contributed by atoms with Gasteiger partial charge in [0.05, 0.1) is 29.6 Å². The maximum atomic E-state index is 13.1. The maximum absolute atomic E-state index is 13.1. The summed E-state index contributed by atoms with van der Waals surface area (Å²) < 4.78 is 3.44. The Morgan fingerprint density at radius 3 is 2.88 bits per heavy atom. The highest BCUT2D eigenvalue weighted by Gasteiger charge is 2.26. The van der Waals surface area contributed by atoms with Crippen molar-refractivity contribution >= 4 is 11.4 Å². The molecule has 4 aromatic heterocycles. The number of aliphatic hydroxyl groups excluding tert-OH is 1. The normalized spacial score (nSPS) is 18.7. The molecule has 164 valence electrons. The first-order valence-electron chi connectivity index (χ1n) is 11.0. The van der Waals surface area contributed by atoms with Crippen molar-refractivity contribution < 1.29 is 9.90 Å². The zero-order chi connectivity index (χ0) is 22.1. The van der Waals surface area contributed by atoms with E-state index in [2.05, 4.69) is 26.6 Å². The van der Waals surface area contributed by atoms with Crippen LogP contribution in [-0.4, -0.2) is 47.5 Å². The molecule has 4 heterocycles. The minimum absolute atomic E-state index is 0.207. The number of aliphatic hydroxyl groups is 1. The lowest BCUT2D eigenvalue weighted by atomic mass is 9.92. The molecule has 0 aliphatic heterocycles. The van der Waals surface area contributed by atoms with Gasteiger partial charge in [0.2, 0.25) is 0 Å². The van der Waals surface area contributed by atoms with Crippen molar-refractivity contribution in [3.8, 4) is 11.3 Å². The summed E-state index contributed by atoms with van der Waals surface area (Å²) >= 11 is 0. The standard InChI is InChI=1S/C24H26N6O2/c1-29-15-18(14-27-29)20-12-16(8-10-25-20)11-17-13-22(30-21(17)6-4-9-26-30)24(32)28-19-5-2-3-7-23(19)31/h4,6,8-10,12-15,19,23,31H,2-3,5,7,11H2,1H3,(H,28,32)/t19-,23-/m0/s1. The molecule has 1 amide bonds. The van der Waals surface area contributed by atoms with E-state index >= 15 is 0 Å². The molecular weight excluding hydrogens is 404 g/mol. The summed E-state index contributed by atoms with van der Waals surface area (Å²) in [6.45, 7) is 0. The number of hydrogen-bond donors (Lipinski definition) is 2. The van der Waals surface area contributed by atoms with E-state index < -0.39 is 6.10 Å². The number of nitrogens with one attached hydrogen (secondary N) is 1. The number of fused-ring (bicyclic) bond motifs is 1. The molecule has 1 aliphatic rings. The van der Waals surface area contributed by atoms with E-state index in [1.165, 1.54) is 0 Å². The lowest BCUT2D eigenvalue weighted by Gasteiger charge is -2.28. The average Bonchev–Trinajstić information content (AvgIpc) is 3.40. The number of aryl methyl sites for hydroxylation is 1. The summed E-state index contributed by atoms with van der Waals surface area (Å²) in [6.07, 6.45) is 10.9. The van der Waals surface area contributed by atoms with Gasteiger partial charge >= 0.3 is 0 Å². The van der Waals surface area contributed by atoms with Crippen molar-refractivity contribution in [2.24, 2.45) is 7.05 Å². The van der Waals surface area contributed by atoms with Gasteiger partial charge in [-0.1, -0.05) is 12.8 Å². The number of pyridine rings is 1. The molecule has 1 aliphatic carbocycles. The molecule has 2 N–H and O–H groups in total. The van der Waals surface area contributed by atoms with Crippen molar-refractivity contribution in [1.82, 2.24) is 29.7 Å². The van der Waals surface area contributed by atoms with Crippen LogP contribution in [-0.2, 0) is 13.5 Å². The Kier molecular flexibility index (Phi) is 5.45. The van der Waals surface area contributed by atoms with Gasteiger partial charge in [0.1, 0.15) is 5.69 Å². The summed E-state index contributed by atoms with van der Waals surface area (Å²) in [6, 6.07) is 9.57. The van der Waals surface area contributed by atoms with Gasteiger partial charge in [-0.25, -0.2) is 4.52 Å². The molecule has 1 saturated carbocycles. The van der Waals surface area contributed by atoms with Crippen molar-refractivity contribution in [3.05, 3.63) is 71.9 Å². The number of rotatable bonds is 5. The highest BCUT2D eigenvalue weighted by Crippen LogP contribution is 2.24. The molecule has 1 fully saturated rings. The largest absolute Gasteiger partial charge is 0.391 e. The second kappa shape index (κ2) is 8.55. The van der Waals surface area contributed by atoms with E-state index in [-0.39, 0.29) is 11.9 Å². The third-order valence-corrected chi connectivity index (χ3v) is 6.12. The van der Waals surface area contributed by atoms with E-state index in [0.717, 1.165) is 53.6 Å². The van der Waals surface area contributed by atoms with Crippen LogP contribution in [0.3, 0.4) is 0 Å². The molecule has 32 heavy (non-hydrogen) atoms. The molecule has 8 nitrogen and oxygen atoms in total. The maximum Gasteiger partial charge on any atom is 0.270 e. The van der Waals surface area contributed by atoms with Crippen LogP contribution < -0.4 is 5.32 Å². The zero-order valence-electron chi connectivity index (χ0n) is 18.0. The van der Waals surface area contributed by atoms with Gasteiger partial charge in [0.15, 0.2) is 0 Å². The first-order chi connectivity index (χ1) is 15.6. The summed E-state index contributed by atoms with van der Waals surface area (Å²) in [5.74, 6) is -0.207. The van der Waals surface area contributed by atoms with Crippen molar-refractivity contribution in [2.45, 2.75) is 44.2 Å². The minimum Gasteiger partial charge on any atom is -0.391 e. The number of hydrogen-bond acceptors (Lipinski definition) is 5. The summed E-state index contributed by atoms with van der Waals surface area (Å²) in [7, 11) is 1.88. The fraction of sp³-hybridized carbons (Fsp3) is 0.333. The van der Waals surface area contributed by atoms with Crippen LogP contribution in [0.15, 0.2) is 55.1 Å². The molecule has 0 aromatic carbocycles. The fourth-order valence-corrected chi connectivity index (χ4v) is 4.45. The van der Waals surface area contributed by atoms with Gasteiger partial charge in [-0.2, -0.15) is 10.2 Å². The topological polar surface area (TPSA) is 97.3 Å². The SMILES string of the molecule is Cn1cc(-c2cc(Cc3cc(C(=O)N[C@H]4CCCC[C@@H]4O)n4ncccc34)ccn2)cn1. The Hall–Kier alpha value is -3.52. The smallest absolute Gasteiger partial charge is 0.270 e. The van der Waals surface area contributed by atoms with Crippen LogP contribution in [0.25, 0.3) is 16.8 Å². The minimum atomic E-state index is -0.492. The number of nitrogens with zero attached hydrogens (tertiary/aromatic N) is 5. The highest BCUT2D eigenvalue weighted by molar-refractivity contribution is 5.94. The molecule has 2 atom stereocenters. The van der Waals surface area contributed by atoms with Gasteiger partial charge in [-0.05, 0) is 60.7 Å². The van der Waals surface area contributed by atoms with E-state index in [4.69, 9.17) is 0 Å². The summed E-state index contributed by atoms with van der Waals surface area (Å²) in [4.78, 5) is 17.6. The van der Waals surface area contributed by atoms with Crippen LogP contribution >= 0.6 is 0 Å². The Balaban J connectivity index is 1.43. The molecule has 0 unspecified atom stereocenters. The molecule has 0 bridgehead atoms. The van der Waals surface area contributed by atoms with Crippen LogP contribution in [0.1, 0.15) is 47.3 Å². The van der Waals surface area contributed by atoms with Gasteiger partial charge in [0, 0.05) is 31.2 Å². The molecular formula is C24H26N6O2. The van der Waals surface area contributed by atoms with Crippen LogP contribution in [0.2, 0.25) is 0 Å². The number of carbonyl (C=O) groups excluding carboxylic acids is 1. The average molecular weight is 431 g/mol. The van der Waals surface area contributed by atoms with Crippen molar-refractivity contribution in [3.63, 3.8) is 0 Å². The number of aromatic nitrogens is 5. The Morgan fingerprint density at radius 2 is 2.06 bits per heavy atom. The summed E-state index contributed by atoms with van der Waals surface area (Å²) in [5.41, 5.74) is 5.29. The van der Waals surface area contributed by atoms with E-state index in [0.29, 0.717) is 12.1 Å². The van der Waals surface area contributed by atoms with Gasteiger partial charge in [-0.3, -0.25) is 14.5 Å². The zero-order valence-corrected chi connectivity index (χ0v) is 18.0. The fourth-order valence-electron chi connectivity index (χ4n) is 4.45. The predicted octanol–water partition coefficient (Wildman–Crippen LogP) is 2.75. The Morgan fingerprint density at radius 1 is 1.19 bits per heavy atom. The summed E-state index contributed by atoms with van der Waals surface area (Å²) in [5, 5.41) is 21.9. The second-order valence-electron chi connectivity index (χ2n) is 8.44. The first-order valence-corrected chi connectivity index (χ1v) is 11.0. The van der Waals surface area contributed by atoms with E-state index in [1.807, 2.05) is 37.5 Å². The number of amides is 1. The van der Waals surface area contributed by atoms with Crippen LogP contribution in [0, 0.1) is 0 Å². The lowest BCUT2D eigenvalue weighted by molar-refractivity contribution is 0.0712. The molecule has 0 spiro atoms. The van der Waals surface area contributed by atoms with Crippen molar-refractivity contribution in [2.75, 3.05) is 0 Å². The molecule has 8 heteroatoms. The highest BCUT2D eigenvalue weighted by atomic mass is 16.3. The van der Waals surface area contributed by atoms with Gasteiger partial charge < -0.3 is 10.4 Å². The van der Waals surface area contributed by atoms with Crippen LogP contribution in [0.5, 0.6) is 0 Å². The lowest BCUT2D eigenvalue weighted by Crippen LogP contribution is -2.45. The van der Waals surface area contributed by atoms with E-state index in [9.17, 15) is 9.90 Å². The molecule has 4 aromatic rings. The monoisotopic (exact) mass is 430 g/mol. The quantitative estimate of drug-likeness (QED) is 0.507. The number of carbonyl (C=O) groups is 1. The predicted molar refractivity (Wildman–Crippen MR) is 120 cm³/mol. The first kappa shape index (κ1) is 20.4. The third kappa shape index (κ3) is 4.01. The van der Waals surface area contributed by atoms with Crippen LogP contribution in [0.4, 0.5) is 0 Å². The Bertz CT molecular complexity index is 1260. The second-order valence-corrected chi connectivity index (χ2v) is 8.44. The molecule has 5 rings (SSSR count). The van der Waals surface area contributed by atoms with Crippen molar-refractivity contribution in [1.29, 1.82) is 0 Å². The Labute approximate surface area is 185 Å². The molecule has 0 saturated heterocycles. The van der Waals surface area contributed by atoms with Gasteiger partial charge in [-0.15, -0.1) is 0 Å². The molecule has 0 radical (unpaired) electrons.